The van der Waals surface area contributed by atoms with Crippen LogP contribution in [-0.2, 0) is 10.5 Å². The number of rotatable bonds is 4. The molecule has 5 heteroatoms. The topological polar surface area (TPSA) is 38.3 Å². The Hall–Kier alpha value is -3.15. The van der Waals surface area contributed by atoms with Gasteiger partial charge in [0.05, 0.1) is 0 Å². The molecule has 5 rings (SSSR count). The molecule has 1 N–H and O–H groups in total. The minimum atomic E-state index is -0.605. The first-order valence-electron chi connectivity index (χ1n) is 10.5. The lowest BCUT2D eigenvalue weighted by Crippen LogP contribution is -2.48. The number of hydrogen-bond donors (Lipinski definition) is 1. The zero-order valence-electron chi connectivity index (χ0n) is 17.2. The fourth-order valence-corrected chi connectivity index (χ4v) is 5.22. The second-order valence-corrected chi connectivity index (χ2v) is 9.34. The molecule has 0 radical (unpaired) electrons. The van der Waals surface area contributed by atoms with Crippen molar-refractivity contribution in [3.8, 4) is 5.75 Å². The highest BCUT2D eigenvalue weighted by Crippen LogP contribution is 2.43. The molecule has 2 atom stereocenters. The number of esters is 1. The van der Waals surface area contributed by atoms with Crippen LogP contribution in [0.2, 0.25) is 0 Å². The predicted octanol–water partition coefficient (Wildman–Crippen LogP) is 6.07. The number of nitrogens with one attached hydrogen (secondary N) is 1. The first-order valence-corrected chi connectivity index (χ1v) is 11.9. The first-order chi connectivity index (χ1) is 15.7. The van der Waals surface area contributed by atoms with Crippen molar-refractivity contribution >= 4 is 45.0 Å². The van der Waals surface area contributed by atoms with Gasteiger partial charge in [-0.05, 0) is 28.0 Å². The Balaban J connectivity index is 1.51. The van der Waals surface area contributed by atoms with Crippen LogP contribution in [-0.4, -0.2) is 16.3 Å². The number of thioether (sulfide) groups is 1. The van der Waals surface area contributed by atoms with Crippen molar-refractivity contribution in [3.05, 3.63) is 114 Å². The van der Waals surface area contributed by atoms with Crippen LogP contribution in [0.4, 0.5) is 0 Å². The van der Waals surface area contributed by atoms with E-state index in [0.717, 1.165) is 27.7 Å². The third kappa shape index (κ3) is 4.14. The van der Waals surface area contributed by atoms with Crippen LogP contribution < -0.4 is 10.1 Å². The number of thiocarbonyl (C=S) groups is 1. The average Bonchev–Trinajstić information content (AvgIpc) is 2.84. The minimum absolute atomic E-state index is 0.214. The van der Waals surface area contributed by atoms with Gasteiger partial charge in [0.25, 0.3) is 0 Å². The molecule has 0 saturated carbocycles. The Morgan fingerprint density at radius 1 is 0.875 bits per heavy atom. The van der Waals surface area contributed by atoms with Gasteiger partial charge >= 0.3 is 5.97 Å². The van der Waals surface area contributed by atoms with E-state index >= 15 is 0 Å². The molecular weight excluding hydrogens is 434 g/mol. The van der Waals surface area contributed by atoms with Crippen LogP contribution in [0.3, 0.4) is 0 Å². The van der Waals surface area contributed by atoms with Crippen molar-refractivity contribution in [2.75, 3.05) is 0 Å². The lowest BCUT2D eigenvalue weighted by Gasteiger charge is -2.34. The molecule has 4 aromatic rings. The maximum atomic E-state index is 13.1. The zero-order chi connectivity index (χ0) is 21.9. The summed E-state index contributed by atoms with van der Waals surface area (Å²) in [7, 11) is 0. The summed E-state index contributed by atoms with van der Waals surface area (Å²) in [6.45, 7) is 0. The Morgan fingerprint density at radius 2 is 1.56 bits per heavy atom. The molecule has 3 nitrogen and oxygen atoms in total. The number of benzene rings is 4. The maximum absolute atomic E-state index is 13.1. The number of carbonyl (C=O) groups is 1. The molecule has 0 amide bonds. The van der Waals surface area contributed by atoms with Gasteiger partial charge in [-0.1, -0.05) is 115 Å². The van der Waals surface area contributed by atoms with Crippen molar-refractivity contribution in [1.29, 1.82) is 0 Å². The van der Waals surface area contributed by atoms with E-state index in [4.69, 9.17) is 17.0 Å². The van der Waals surface area contributed by atoms with Crippen LogP contribution in [0.15, 0.2) is 97.1 Å². The van der Waals surface area contributed by atoms with Crippen molar-refractivity contribution in [2.24, 2.45) is 0 Å². The van der Waals surface area contributed by atoms with Gasteiger partial charge in [0, 0.05) is 17.2 Å². The molecule has 1 aliphatic heterocycles. The monoisotopic (exact) mass is 455 g/mol. The molecule has 1 heterocycles. The fraction of sp³-hybridized carbons (Fsp3) is 0.111. The molecule has 0 aliphatic carbocycles. The summed E-state index contributed by atoms with van der Waals surface area (Å²) in [4.78, 5) is 13.1. The van der Waals surface area contributed by atoms with Crippen molar-refractivity contribution in [1.82, 2.24) is 5.32 Å². The third-order valence-electron chi connectivity index (χ3n) is 5.68. The summed E-state index contributed by atoms with van der Waals surface area (Å²) >= 11 is 7.15. The van der Waals surface area contributed by atoms with Crippen molar-refractivity contribution in [2.45, 2.75) is 17.7 Å². The highest BCUT2D eigenvalue weighted by molar-refractivity contribution is 8.22. The Kier molecular flexibility index (Phi) is 5.93. The minimum Gasteiger partial charge on any atom is -0.425 e. The van der Waals surface area contributed by atoms with Crippen LogP contribution in [0.1, 0.15) is 22.6 Å². The van der Waals surface area contributed by atoms with Gasteiger partial charge in [0.2, 0.25) is 0 Å². The number of carbonyl (C=O) groups excluding carboxylic acids is 1. The highest BCUT2D eigenvalue weighted by Gasteiger charge is 2.40. The SMILES string of the molecule is O=C1Oc2ccc3ccccc3c2[C@@H](c2ccccc2)[C@H]1NC(=S)SCc1ccccc1. The van der Waals surface area contributed by atoms with E-state index in [9.17, 15) is 4.79 Å². The predicted molar refractivity (Wildman–Crippen MR) is 135 cm³/mol. The van der Waals surface area contributed by atoms with E-state index in [2.05, 4.69) is 41.7 Å². The highest BCUT2D eigenvalue weighted by atomic mass is 32.2. The van der Waals surface area contributed by atoms with Gasteiger partial charge in [0.1, 0.15) is 16.1 Å². The van der Waals surface area contributed by atoms with Gasteiger partial charge in [0.15, 0.2) is 0 Å². The van der Waals surface area contributed by atoms with Crippen molar-refractivity contribution in [3.63, 3.8) is 0 Å². The first kappa shape index (κ1) is 20.7. The Labute approximate surface area is 196 Å². The third-order valence-corrected chi connectivity index (χ3v) is 7.01. The summed E-state index contributed by atoms with van der Waals surface area (Å²) in [5.74, 6) is 0.825. The maximum Gasteiger partial charge on any atom is 0.334 e. The molecule has 158 valence electrons. The van der Waals surface area contributed by atoms with Crippen LogP contribution >= 0.6 is 24.0 Å². The molecule has 1 aliphatic rings. The molecule has 0 aromatic heterocycles. The molecule has 32 heavy (non-hydrogen) atoms. The summed E-state index contributed by atoms with van der Waals surface area (Å²) in [5.41, 5.74) is 3.25. The van der Waals surface area contributed by atoms with E-state index in [0.29, 0.717) is 10.1 Å². The molecule has 0 bridgehead atoms. The quantitative estimate of drug-likeness (QED) is 0.230. The summed E-state index contributed by atoms with van der Waals surface area (Å²) in [5, 5.41) is 5.51. The Morgan fingerprint density at radius 3 is 2.34 bits per heavy atom. The van der Waals surface area contributed by atoms with E-state index < -0.39 is 6.04 Å². The lowest BCUT2D eigenvalue weighted by molar-refractivity contribution is -0.137. The van der Waals surface area contributed by atoms with Gasteiger partial charge < -0.3 is 10.1 Å². The van der Waals surface area contributed by atoms with E-state index in [1.807, 2.05) is 60.7 Å². The smallest absolute Gasteiger partial charge is 0.334 e. The average molecular weight is 456 g/mol. The molecule has 0 fully saturated rings. The fourth-order valence-electron chi connectivity index (χ4n) is 4.21. The van der Waals surface area contributed by atoms with Crippen LogP contribution in [0.25, 0.3) is 10.8 Å². The summed E-state index contributed by atoms with van der Waals surface area (Å²) in [6, 6.07) is 31.7. The molecule has 0 spiro atoms. The van der Waals surface area contributed by atoms with E-state index in [-0.39, 0.29) is 11.9 Å². The molecule has 0 saturated heterocycles. The van der Waals surface area contributed by atoms with Crippen LogP contribution in [0, 0.1) is 0 Å². The second kappa shape index (κ2) is 9.15. The molecule has 0 unspecified atom stereocenters. The largest absolute Gasteiger partial charge is 0.425 e. The summed E-state index contributed by atoms with van der Waals surface area (Å²) in [6.07, 6.45) is 0. The van der Waals surface area contributed by atoms with Gasteiger partial charge in [-0.2, -0.15) is 0 Å². The summed E-state index contributed by atoms with van der Waals surface area (Å²) < 4.78 is 6.38. The normalized spacial score (nSPS) is 17.4. The number of hydrogen-bond acceptors (Lipinski definition) is 4. The van der Waals surface area contributed by atoms with E-state index in [1.165, 1.54) is 17.3 Å². The van der Waals surface area contributed by atoms with Gasteiger partial charge in [-0.25, -0.2) is 4.79 Å². The molecular formula is C27H21NO2S2. The van der Waals surface area contributed by atoms with Crippen LogP contribution in [0.5, 0.6) is 5.75 Å². The van der Waals surface area contributed by atoms with Gasteiger partial charge in [-0.3, -0.25) is 0 Å². The number of fused-ring (bicyclic) bond motifs is 3. The van der Waals surface area contributed by atoms with Gasteiger partial charge in [-0.15, -0.1) is 0 Å². The number of ether oxygens (including phenoxy) is 1. The van der Waals surface area contributed by atoms with Crippen molar-refractivity contribution < 1.29 is 9.53 Å². The zero-order valence-corrected chi connectivity index (χ0v) is 18.9. The lowest BCUT2D eigenvalue weighted by atomic mass is 9.80. The second-order valence-electron chi connectivity index (χ2n) is 7.69. The Bertz CT molecular complexity index is 1270. The standard InChI is InChI=1S/C27H21NO2S2/c29-26-25(28-27(31)32-17-18-9-3-1-4-10-18)23(20-12-5-2-6-13-20)24-21-14-8-7-11-19(21)15-16-22(24)30-26/h1-16,23,25H,17H2,(H,28,31)/t23-,25-/m1/s1. The van der Waals surface area contributed by atoms with E-state index in [1.54, 1.807) is 0 Å². The molecule has 4 aromatic carbocycles.